The zero-order chi connectivity index (χ0) is 21.5. The normalized spacial score (nSPS) is 17.3. The molecule has 2 N–H and O–H groups in total. The number of alkyl halides is 3. The van der Waals surface area contributed by atoms with Gasteiger partial charge in [-0.15, -0.1) is 0 Å². The molecule has 29 heavy (non-hydrogen) atoms. The topological polar surface area (TPSA) is 73.8 Å². The Kier molecular flexibility index (Phi) is 8.26. The molecule has 0 spiro atoms. The molecular weight excluding hydrogens is 412 g/mol. The molecule has 0 unspecified atom stereocenters. The van der Waals surface area contributed by atoms with E-state index in [1.807, 2.05) is 6.07 Å². The number of aliphatic imine (C=N–C) groups is 1. The van der Waals surface area contributed by atoms with Crippen LogP contribution in [0.15, 0.2) is 29.3 Å². The number of benzene rings is 1. The Morgan fingerprint density at radius 1 is 1.24 bits per heavy atom. The van der Waals surface area contributed by atoms with Crippen LogP contribution in [0.3, 0.4) is 0 Å². The molecule has 1 saturated heterocycles. The van der Waals surface area contributed by atoms with E-state index in [4.69, 9.17) is 0 Å². The maximum Gasteiger partial charge on any atom is 0.511 e. The number of rotatable bonds is 7. The molecule has 0 atom stereocenters. The van der Waals surface area contributed by atoms with Gasteiger partial charge in [0.1, 0.15) is 5.82 Å². The molecule has 0 saturated carbocycles. The van der Waals surface area contributed by atoms with Crippen LogP contribution in [0, 0.1) is 11.7 Å². The quantitative estimate of drug-likeness (QED) is 0.297. The van der Waals surface area contributed by atoms with Gasteiger partial charge in [0.15, 0.2) is 5.96 Å². The molecule has 0 aromatic heterocycles. The first-order valence-corrected chi connectivity index (χ1v) is 10.8. The lowest BCUT2D eigenvalue weighted by Crippen LogP contribution is -2.47. The maximum absolute atomic E-state index is 13.1. The number of hydrogen-bond donors (Lipinski definition) is 2. The molecular formula is C18H26F4N4O2S. The zero-order valence-electron chi connectivity index (χ0n) is 16.2. The Labute approximate surface area is 168 Å². The maximum atomic E-state index is 13.1. The molecule has 0 aliphatic carbocycles. The number of guanidine groups is 1. The molecule has 1 aromatic rings. The van der Waals surface area contributed by atoms with Crippen molar-refractivity contribution in [3.05, 3.63) is 35.6 Å². The summed E-state index contributed by atoms with van der Waals surface area (Å²) < 4.78 is 74.3. The molecule has 0 bridgehead atoms. The largest absolute Gasteiger partial charge is 0.511 e. The first kappa shape index (κ1) is 23.4. The van der Waals surface area contributed by atoms with E-state index >= 15 is 0 Å². The van der Waals surface area contributed by atoms with Crippen LogP contribution in [0.1, 0.15) is 24.8 Å². The molecule has 164 valence electrons. The molecule has 0 radical (unpaired) electrons. The van der Waals surface area contributed by atoms with Crippen molar-refractivity contribution in [2.75, 3.05) is 33.2 Å². The van der Waals surface area contributed by atoms with Gasteiger partial charge in [-0.1, -0.05) is 12.1 Å². The van der Waals surface area contributed by atoms with Crippen LogP contribution < -0.4 is 10.6 Å². The van der Waals surface area contributed by atoms with Gasteiger partial charge in [0.2, 0.25) is 0 Å². The zero-order valence-corrected chi connectivity index (χ0v) is 17.0. The van der Waals surface area contributed by atoms with Gasteiger partial charge in [0.05, 0.1) is 0 Å². The number of aryl methyl sites for hydroxylation is 1. The fourth-order valence-corrected chi connectivity index (χ4v) is 4.14. The molecule has 11 heteroatoms. The third kappa shape index (κ3) is 6.84. The predicted molar refractivity (Wildman–Crippen MR) is 103 cm³/mol. The van der Waals surface area contributed by atoms with Crippen molar-refractivity contribution in [2.24, 2.45) is 10.9 Å². The van der Waals surface area contributed by atoms with E-state index < -0.39 is 15.5 Å². The van der Waals surface area contributed by atoms with Gasteiger partial charge in [-0.2, -0.15) is 17.5 Å². The monoisotopic (exact) mass is 438 g/mol. The number of sulfonamides is 1. The van der Waals surface area contributed by atoms with E-state index in [1.165, 1.54) is 12.1 Å². The first-order chi connectivity index (χ1) is 13.6. The van der Waals surface area contributed by atoms with Crippen LogP contribution >= 0.6 is 0 Å². The van der Waals surface area contributed by atoms with E-state index in [0.717, 1.165) is 12.0 Å². The van der Waals surface area contributed by atoms with Gasteiger partial charge in [0.25, 0.3) is 0 Å². The van der Waals surface area contributed by atoms with Gasteiger partial charge in [-0.25, -0.2) is 12.8 Å². The third-order valence-electron chi connectivity index (χ3n) is 4.81. The predicted octanol–water partition coefficient (Wildman–Crippen LogP) is 2.48. The van der Waals surface area contributed by atoms with E-state index in [1.54, 1.807) is 13.1 Å². The lowest BCUT2D eigenvalue weighted by molar-refractivity contribution is -0.0496. The van der Waals surface area contributed by atoms with E-state index in [2.05, 4.69) is 15.6 Å². The van der Waals surface area contributed by atoms with Crippen molar-refractivity contribution >= 4 is 16.0 Å². The summed E-state index contributed by atoms with van der Waals surface area (Å²) in [5, 5.41) is 6.26. The second-order valence-corrected chi connectivity index (χ2v) is 8.84. The standard InChI is InChI=1S/C18H26F4N4O2S/c1-23-17(24-9-3-5-14-4-2-6-16(19)12-14)25-13-15-7-10-26(11-8-15)29(27,28)18(20,21)22/h2,4,6,12,15H,3,5,7-11,13H2,1H3,(H2,23,24,25). The molecule has 1 heterocycles. The molecule has 1 aromatic carbocycles. The second kappa shape index (κ2) is 10.2. The van der Waals surface area contributed by atoms with Crippen molar-refractivity contribution in [3.8, 4) is 0 Å². The average Bonchev–Trinajstić information content (AvgIpc) is 2.67. The van der Waals surface area contributed by atoms with Gasteiger partial charge in [0, 0.05) is 33.2 Å². The Balaban J connectivity index is 1.68. The molecule has 6 nitrogen and oxygen atoms in total. The smallest absolute Gasteiger partial charge is 0.356 e. The fourth-order valence-electron chi connectivity index (χ4n) is 3.15. The second-order valence-electron chi connectivity index (χ2n) is 6.91. The summed E-state index contributed by atoms with van der Waals surface area (Å²) in [7, 11) is -3.63. The molecule has 0 amide bonds. The number of piperidine rings is 1. The number of hydrogen-bond acceptors (Lipinski definition) is 3. The SMILES string of the molecule is CN=C(NCCCc1cccc(F)c1)NCC1CCN(S(=O)(=O)C(F)(F)F)CC1. The van der Waals surface area contributed by atoms with E-state index in [0.29, 0.717) is 42.6 Å². The summed E-state index contributed by atoms with van der Waals surface area (Å²) >= 11 is 0. The lowest BCUT2D eigenvalue weighted by Gasteiger charge is -2.31. The fraction of sp³-hybridized carbons (Fsp3) is 0.611. The van der Waals surface area contributed by atoms with Crippen molar-refractivity contribution in [1.82, 2.24) is 14.9 Å². The minimum atomic E-state index is -5.25. The number of nitrogens with one attached hydrogen (secondary N) is 2. The minimum absolute atomic E-state index is 0.0560. The first-order valence-electron chi connectivity index (χ1n) is 9.39. The van der Waals surface area contributed by atoms with Gasteiger partial charge in [-0.05, 0) is 49.3 Å². The third-order valence-corrected chi connectivity index (χ3v) is 6.44. The molecule has 1 aliphatic rings. The Bertz CT molecular complexity index is 791. The van der Waals surface area contributed by atoms with Crippen molar-refractivity contribution in [1.29, 1.82) is 0 Å². The van der Waals surface area contributed by atoms with Crippen LogP contribution in [-0.2, 0) is 16.4 Å². The minimum Gasteiger partial charge on any atom is -0.356 e. The molecule has 1 aliphatic heterocycles. The molecule has 2 rings (SSSR count). The summed E-state index contributed by atoms with van der Waals surface area (Å²) in [6, 6.07) is 6.43. The van der Waals surface area contributed by atoms with Crippen LogP contribution in [0.25, 0.3) is 0 Å². The summed E-state index contributed by atoms with van der Waals surface area (Å²) in [5.74, 6) is 0.358. The van der Waals surface area contributed by atoms with Crippen molar-refractivity contribution in [3.63, 3.8) is 0 Å². The van der Waals surface area contributed by atoms with Crippen LogP contribution in [-0.4, -0.2) is 57.4 Å². The van der Waals surface area contributed by atoms with Crippen molar-refractivity contribution < 1.29 is 26.0 Å². The Morgan fingerprint density at radius 2 is 1.93 bits per heavy atom. The van der Waals surface area contributed by atoms with Gasteiger partial charge in [-0.3, -0.25) is 4.99 Å². The average molecular weight is 438 g/mol. The number of halogens is 4. The highest BCUT2D eigenvalue weighted by atomic mass is 32.2. The summed E-state index contributed by atoms with van der Waals surface area (Å²) in [6.07, 6.45) is 2.18. The van der Waals surface area contributed by atoms with E-state index in [9.17, 15) is 26.0 Å². The highest BCUT2D eigenvalue weighted by Crippen LogP contribution is 2.30. The number of nitrogens with zero attached hydrogens (tertiary/aromatic N) is 2. The highest BCUT2D eigenvalue weighted by Gasteiger charge is 2.50. The van der Waals surface area contributed by atoms with Crippen LogP contribution in [0.4, 0.5) is 17.6 Å². The Hall–Kier alpha value is -1.88. The molecule has 1 fully saturated rings. The van der Waals surface area contributed by atoms with Crippen molar-refractivity contribution in [2.45, 2.75) is 31.2 Å². The van der Waals surface area contributed by atoms with Crippen LogP contribution in [0.5, 0.6) is 0 Å². The lowest BCUT2D eigenvalue weighted by atomic mass is 9.98. The van der Waals surface area contributed by atoms with Crippen LogP contribution in [0.2, 0.25) is 0 Å². The summed E-state index contributed by atoms with van der Waals surface area (Å²) in [4.78, 5) is 4.10. The summed E-state index contributed by atoms with van der Waals surface area (Å²) in [6.45, 7) is 0.823. The Morgan fingerprint density at radius 3 is 2.52 bits per heavy atom. The van der Waals surface area contributed by atoms with Gasteiger partial charge >= 0.3 is 15.5 Å². The highest BCUT2D eigenvalue weighted by molar-refractivity contribution is 7.90. The van der Waals surface area contributed by atoms with E-state index in [-0.39, 0.29) is 24.8 Å². The summed E-state index contributed by atoms with van der Waals surface area (Å²) in [5.41, 5.74) is -4.34. The van der Waals surface area contributed by atoms with Gasteiger partial charge < -0.3 is 10.6 Å².